The van der Waals surface area contributed by atoms with Crippen LogP contribution in [-0.4, -0.2) is 59.1 Å². The third kappa shape index (κ3) is 1.83. The van der Waals surface area contributed by atoms with E-state index >= 15 is 0 Å². The topological polar surface area (TPSA) is 67.5 Å². The van der Waals surface area contributed by atoms with Crippen LogP contribution in [0.4, 0.5) is 0 Å². The summed E-state index contributed by atoms with van der Waals surface area (Å²) in [5, 5.41) is 24.5. The van der Waals surface area contributed by atoms with Crippen LogP contribution < -0.4 is 10.6 Å². The van der Waals surface area contributed by atoms with Crippen LogP contribution in [0.3, 0.4) is 0 Å². The molecule has 0 saturated carbocycles. The lowest BCUT2D eigenvalue weighted by Crippen LogP contribution is -2.60. The molecule has 2 heterocycles. The van der Waals surface area contributed by atoms with Gasteiger partial charge in [0.2, 0.25) is 0 Å². The van der Waals surface area contributed by atoms with Gasteiger partial charge in [-0.05, 0) is 0 Å². The minimum absolute atomic E-state index is 0.159. The third-order valence-corrected chi connectivity index (χ3v) is 2.93. The highest BCUT2D eigenvalue weighted by Crippen LogP contribution is 2.05. The Morgan fingerprint density at radius 2 is 1.57 bits per heavy atom. The molecular weight excluding hydrogens is 182 g/mol. The Kier molecular flexibility index (Phi) is 2.88. The van der Waals surface area contributed by atoms with Crippen LogP contribution >= 0.6 is 0 Å². The van der Waals surface area contributed by atoms with Gasteiger partial charge < -0.3 is 10.2 Å². The largest absolute Gasteiger partial charge is 0.393 e. The second-order valence-corrected chi connectivity index (χ2v) is 3.96. The molecule has 0 unspecified atom stereocenters. The highest BCUT2D eigenvalue weighted by molar-refractivity contribution is 5.76. The molecule has 5 nitrogen and oxygen atoms in total. The van der Waals surface area contributed by atoms with Crippen LogP contribution in [0.15, 0.2) is 0 Å². The van der Waals surface area contributed by atoms with Crippen molar-refractivity contribution in [2.75, 3.05) is 26.3 Å². The maximum Gasteiger partial charge on any atom is 0.346 e. The van der Waals surface area contributed by atoms with Crippen LogP contribution in [-0.2, 0) is 0 Å². The molecule has 2 atom stereocenters. The van der Waals surface area contributed by atoms with Gasteiger partial charge in [0, 0.05) is 12.8 Å². The van der Waals surface area contributed by atoms with Crippen molar-refractivity contribution in [2.45, 2.75) is 24.9 Å². The smallest absolute Gasteiger partial charge is 0.346 e. The fourth-order valence-electron chi connectivity index (χ4n) is 1.99. The van der Waals surface area contributed by atoms with E-state index in [0.29, 0.717) is 0 Å². The Morgan fingerprint density at radius 3 is 2.00 bits per heavy atom. The number of nitrogens with zero attached hydrogens (tertiary/aromatic N) is 1. The van der Waals surface area contributed by atoms with Crippen molar-refractivity contribution in [2.24, 2.45) is 0 Å². The fraction of sp³-hybridized carbons (Fsp3) is 0.889. The first-order valence-corrected chi connectivity index (χ1v) is 5.20. The molecule has 0 aliphatic carbocycles. The van der Waals surface area contributed by atoms with E-state index < -0.39 is 0 Å². The Morgan fingerprint density at radius 1 is 1.07 bits per heavy atom. The number of hydrogen-bond donors (Lipinski definition) is 4. The van der Waals surface area contributed by atoms with Gasteiger partial charge in [-0.3, -0.25) is 15.2 Å². The summed E-state index contributed by atoms with van der Waals surface area (Å²) in [6.07, 6.45) is 1.96. The molecule has 80 valence electrons. The molecule has 0 aromatic rings. The van der Waals surface area contributed by atoms with Gasteiger partial charge in [0.25, 0.3) is 0 Å². The maximum atomic E-state index is 9.03. The van der Waals surface area contributed by atoms with Gasteiger partial charge in [0.05, 0.1) is 26.3 Å². The molecule has 14 heavy (non-hydrogen) atoms. The average Bonchev–Trinajstić information content (AvgIpc) is 2.27. The van der Waals surface area contributed by atoms with E-state index in [9.17, 15) is 0 Å². The predicted octanol–water partition coefficient (Wildman–Crippen LogP) is -1.94. The van der Waals surface area contributed by atoms with Gasteiger partial charge >= 0.3 is 5.96 Å². The molecule has 0 amide bonds. The van der Waals surface area contributed by atoms with E-state index in [2.05, 4.69) is 15.2 Å². The summed E-state index contributed by atoms with van der Waals surface area (Å²) >= 11 is 0. The minimum atomic E-state index is 0.159. The van der Waals surface area contributed by atoms with Crippen molar-refractivity contribution in [1.82, 2.24) is 10.6 Å². The first kappa shape index (κ1) is 9.73. The molecule has 0 fully saturated rings. The summed E-state index contributed by atoms with van der Waals surface area (Å²) in [7, 11) is 0. The van der Waals surface area contributed by atoms with Crippen LogP contribution in [0, 0.1) is 0 Å². The zero-order valence-corrected chi connectivity index (χ0v) is 8.24. The Balaban J connectivity index is 2.03. The number of aliphatic hydroxyl groups is 2. The highest BCUT2D eigenvalue weighted by atomic mass is 16.3. The van der Waals surface area contributed by atoms with Crippen molar-refractivity contribution in [3.05, 3.63) is 0 Å². The summed E-state index contributed by atoms with van der Waals surface area (Å²) in [6, 6.07) is 0.317. The van der Waals surface area contributed by atoms with Crippen molar-refractivity contribution in [3.8, 4) is 0 Å². The van der Waals surface area contributed by atoms with Gasteiger partial charge in [-0.2, -0.15) is 0 Å². The van der Waals surface area contributed by atoms with Crippen molar-refractivity contribution >= 4 is 5.96 Å². The van der Waals surface area contributed by atoms with E-state index in [4.69, 9.17) is 10.2 Å². The van der Waals surface area contributed by atoms with Crippen molar-refractivity contribution < 1.29 is 14.8 Å². The number of guanidine groups is 1. The second-order valence-electron chi connectivity index (χ2n) is 3.96. The summed E-state index contributed by atoms with van der Waals surface area (Å²) < 4.78 is 2.23. The molecule has 0 radical (unpaired) electrons. The first-order chi connectivity index (χ1) is 6.83. The molecule has 2 aliphatic rings. The zero-order chi connectivity index (χ0) is 9.97. The molecule has 2 rings (SSSR count). The van der Waals surface area contributed by atoms with Crippen molar-refractivity contribution in [3.63, 3.8) is 0 Å². The van der Waals surface area contributed by atoms with E-state index in [1.165, 1.54) is 0 Å². The predicted molar refractivity (Wildman–Crippen MR) is 52.3 cm³/mol. The van der Waals surface area contributed by atoms with E-state index in [-0.39, 0.29) is 25.3 Å². The maximum absolute atomic E-state index is 9.03. The molecule has 2 aliphatic heterocycles. The van der Waals surface area contributed by atoms with Crippen LogP contribution in [0.2, 0.25) is 0 Å². The Labute approximate surface area is 83.4 Å². The first-order valence-electron chi connectivity index (χ1n) is 5.20. The fourth-order valence-corrected chi connectivity index (χ4v) is 1.99. The summed E-state index contributed by atoms with van der Waals surface area (Å²) in [6.45, 7) is 2.31. The summed E-state index contributed by atoms with van der Waals surface area (Å²) in [5.74, 6) is 0.973. The van der Waals surface area contributed by atoms with Gasteiger partial charge in [-0.25, -0.2) is 0 Å². The summed E-state index contributed by atoms with van der Waals surface area (Å²) in [4.78, 5) is 0. The number of aliphatic hydroxyl groups excluding tert-OH is 2. The molecule has 0 aromatic heterocycles. The highest BCUT2D eigenvalue weighted by Gasteiger charge is 2.30. The third-order valence-electron chi connectivity index (χ3n) is 2.93. The standard InChI is InChI=1S/C9H17N3O2/c13-5-7-1-3-12-4-2-8(6-14)11-9(12)10-7/h7-8,13-14H,1-6H2,(H,10,11)/p+1/t7-,8-/m0/s1. The van der Waals surface area contributed by atoms with E-state index in [1.807, 2.05) is 0 Å². The SMILES string of the molecule is OC[C@@H]1CC[N+]2=C(N1)N[C@H](CO)CC2. The van der Waals surface area contributed by atoms with Crippen LogP contribution in [0.25, 0.3) is 0 Å². The van der Waals surface area contributed by atoms with Crippen LogP contribution in [0.1, 0.15) is 12.8 Å². The monoisotopic (exact) mass is 200 g/mol. The average molecular weight is 200 g/mol. The molecule has 0 saturated heterocycles. The normalized spacial score (nSPS) is 31.9. The van der Waals surface area contributed by atoms with Gasteiger partial charge in [-0.15, -0.1) is 0 Å². The summed E-state index contributed by atoms with van der Waals surface area (Å²) in [5.41, 5.74) is 0. The Hall–Kier alpha value is -0.810. The molecular formula is C9H18N3O2+. The minimum Gasteiger partial charge on any atom is -0.393 e. The molecule has 0 bridgehead atoms. The van der Waals surface area contributed by atoms with Gasteiger partial charge in [-0.1, -0.05) is 0 Å². The number of hydrogen-bond acceptors (Lipinski definition) is 4. The van der Waals surface area contributed by atoms with Crippen molar-refractivity contribution in [1.29, 1.82) is 0 Å². The van der Waals surface area contributed by atoms with E-state index in [0.717, 1.165) is 31.9 Å². The van der Waals surface area contributed by atoms with Gasteiger partial charge in [0.1, 0.15) is 12.1 Å². The molecule has 5 heteroatoms. The Bertz CT molecular complexity index is 220. The molecule has 0 spiro atoms. The number of rotatable bonds is 2. The lowest BCUT2D eigenvalue weighted by Gasteiger charge is -2.30. The molecule has 0 aromatic carbocycles. The van der Waals surface area contributed by atoms with Crippen LogP contribution in [0.5, 0.6) is 0 Å². The second kappa shape index (κ2) is 4.14. The quantitative estimate of drug-likeness (QED) is 0.392. The lowest BCUT2D eigenvalue weighted by atomic mass is 10.1. The number of nitrogens with one attached hydrogen (secondary N) is 2. The molecule has 4 N–H and O–H groups in total. The van der Waals surface area contributed by atoms with Gasteiger partial charge in [0.15, 0.2) is 0 Å². The lowest BCUT2D eigenvalue weighted by molar-refractivity contribution is -0.543. The zero-order valence-electron chi connectivity index (χ0n) is 8.24. The van der Waals surface area contributed by atoms with E-state index in [1.54, 1.807) is 0 Å².